The van der Waals surface area contributed by atoms with Crippen molar-refractivity contribution in [1.29, 1.82) is 0 Å². The van der Waals surface area contributed by atoms with Crippen molar-refractivity contribution < 1.29 is 35.5 Å². The van der Waals surface area contributed by atoms with E-state index in [-0.39, 0.29) is 29.1 Å². The number of para-hydroxylation sites is 1. The molecule has 3 aromatic carbocycles. The van der Waals surface area contributed by atoms with E-state index in [2.05, 4.69) is 14.8 Å². The Labute approximate surface area is 187 Å². The number of ether oxygens (including phenoxy) is 1. The van der Waals surface area contributed by atoms with Gasteiger partial charge >= 0.3 is 6.36 Å². The lowest BCUT2D eigenvalue weighted by molar-refractivity contribution is -0.274. The Morgan fingerprint density at radius 1 is 0.909 bits per heavy atom. The zero-order chi connectivity index (χ0) is 24.1. The molecule has 0 radical (unpaired) electrons. The van der Waals surface area contributed by atoms with E-state index < -0.39 is 33.9 Å². The highest BCUT2D eigenvalue weighted by Gasteiger charge is 2.32. The van der Waals surface area contributed by atoms with Crippen molar-refractivity contribution >= 4 is 21.6 Å². The second kappa shape index (κ2) is 9.90. The van der Waals surface area contributed by atoms with E-state index in [1.165, 1.54) is 42.5 Å². The molecule has 0 aromatic heterocycles. The summed E-state index contributed by atoms with van der Waals surface area (Å²) in [6.45, 7) is -0.166. The van der Waals surface area contributed by atoms with Crippen LogP contribution >= 0.6 is 0 Å². The number of carbonyl (C=O) groups is 1. The van der Waals surface area contributed by atoms with E-state index in [0.717, 1.165) is 30.3 Å². The molecule has 0 heterocycles. The Kier molecular flexibility index (Phi) is 7.22. The number of hydrogen-bond donors (Lipinski definition) is 2. The largest absolute Gasteiger partial charge is 0.573 e. The molecule has 33 heavy (non-hydrogen) atoms. The molecule has 0 atom stereocenters. The summed E-state index contributed by atoms with van der Waals surface area (Å²) in [6, 6.07) is 15.8. The summed E-state index contributed by atoms with van der Waals surface area (Å²) >= 11 is 0. The quantitative estimate of drug-likeness (QED) is 0.467. The van der Waals surface area contributed by atoms with E-state index in [1.807, 2.05) is 0 Å². The average Bonchev–Trinajstić information content (AvgIpc) is 2.73. The summed E-state index contributed by atoms with van der Waals surface area (Å²) < 4.78 is 81.4. The fraction of sp³-hybridized carbons (Fsp3) is 0.136. The van der Waals surface area contributed by atoms with Crippen molar-refractivity contribution in [3.8, 4) is 5.75 Å². The van der Waals surface area contributed by atoms with Gasteiger partial charge in [0.2, 0.25) is 5.91 Å². The minimum Gasteiger partial charge on any atom is -0.405 e. The molecular formula is C22H18F4N2O4S. The molecule has 0 saturated heterocycles. The molecule has 174 valence electrons. The van der Waals surface area contributed by atoms with Gasteiger partial charge in [-0.15, -0.1) is 13.2 Å². The second-order valence-electron chi connectivity index (χ2n) is 6.87. The van der Waals surface area contributed by atoms with Crippen LogP contribution in [-0.4, -0.2) is 20.7 Å². The summed E-state index contributed by atoms with van der Waals surface area (Å²) in [5, 5.41) is 2.52. The number of sulfonamides is 1. The maximum absolute atomic E-state index is 13.0. The lowest BCUT2D eigenvalue weighted by Crippen LogP contribution is -2.25. The van der Waals surface area contributed by atoms with Crippen LogP contribution in [0.15, 0.2) is 77.7 Å². The Morgan fingerprint density at radius 3 is 2.18 bits per heavy atom. The number of nitrogens with one attached hydrogen (secondary N) is 2. The average molecular weight is 482 g/mol. The van der Waals surface area contributed by atoms with Gasteiger partial charge < -0.3 is 10.1 Å². The molecule has 0 spiro atoms. The number of rotatable bonds is 8. The second-order valence-corrected chi connectivity index (χ2v) is 8.55. The highest BCUT2D eigenvalue weighted by Crippen LogP contribution is 2.26. The molecule has 0 unspecified atom stereocenters. The minimum atomic E-state index is -4.85. The fourth-order valence-electron chi connectivity index (χ4n) is 2.83. The van der Waals surface area contributed by atoms with Crippen molar-refractivity contribution in [3.63, 3.8) is 0 Å². The Bertz CT molecular complexity index is 1210. The van der Waals surface area contributed by atoms with Crippen molar-refractivity contribution in [2.75, 3.05) is 4.72 Å². The van der Waals surface area contributed by atoms with Gasteiger partial charge in [-0.3, -0.25) is 9.52 Å². The minimum absolute atomic E-state index is 0.0761. The monoisotopic (exact) mass is 482 g/mol. The molecular weight excluding hydrogens is 464 g/mol. The molecule has 0 bridgehead atoms. The first-order valence-corrected chi connectivity index (χ1v) is 11.0. The normalized spacial score (nSPS) is 11.6. The third-order valence-electron chi connectivity index (χ3n) is 4.37. The molecule has 3 rings (SSSR count). The van der Waals surface area contributed by atoms with Crippen LogP contribution in [0.5, 0.6) is 5.75 Å². The molecule has 11 heteroatoms. The van der Waals surface area contributed by atoms with Gasteiger partial charge in [-0.25, -0.2) is 12.8 Å². The number of carbonyl (C=O) groups excluding carboxylic acids is 1. The lowest BCUT2D eigenvalue weighted by Gasteiger charge is -2.13. The number of benzene rings is 3. The Morgan fingerprint density at radius 2 is 1.55 bits per heavy atom. The topological polar surface area (TPSA) is 84.5 Å². The van der Waals surface area contributed by atoms with Gasteiger partial charge in [0.25, 0.3) is 10.0 Å². The zero-order valence-electron chi connectivity index (χ0n) is 16.9. The number of hydrogen-bond acceptors (Lipinski definition) is 4. The van der Waals surface area contributed by atoms with Gasteiger partial charge in [0, 0.05) is 17.8 Å². The van der Waals surface area contributed by atoms with Crippen LogP contribution in [0.2, 0.25) is 0 Å². The molecule has 0 saturated carbocycles. The molecule has 0 aliphatic heterocycles. The SMILES string of the molecule is O=C(Cc1ccc(NS(=O)(=O)c2ccc(F)cc2)cc1)NCc1ccccc1OC(F)(F)F. The number of halogens is 4. The molecule has 0 aliphatic carbocycles. The maximum Gasteiger partial charge on any atom is 0.573 e. The van der Waals surface area contributed by atoms with Crippen molar-refractivity contribution in [3.05, 3.63) is 89.7 Å². The third-order valence-corrected chi connectivity index (χ3v) is 5.77. The summed E-state index contributed by atoms with van der Waals surface area (Å²) in [4.78, 5) is 12.1. The maximum atomic E-state index is 13.0. The highest BCUT2D eigenvalue weighted by atomic mass is 32.2. The molecule has 0 aliphatic rings. The van der Waals surface area contributed by atoms with Crippen LogP contribution in [-0.2, 0) is 27.8 Å². The van der Waals surface area contributed by atoms with Gasteiger partial charge in [0.05, 0.1) is 11.3 Å². The highest BCUT2D eigenvalue weighted by molar-refractivity contribution is 7.92. The summed E-state index contributed by atoms with van der Waals surface area (Å²) in [6.07, 6.45) is -4.92. The first kappa shape index (κ1) is 24.1. The molecule has 3 aromatic rings. The Balaban J connectivity index is 1.57. The van der Waals surface area contributed by atoms with E-state index in [4.69, 9.17) is 0 Å². The predicted molar refractivity (Wildman–Crippen MR) is 112 cm³/mol. The van der Waals surface area contributed by atoms with E-state index in [9.17, 15) is 30.8 Å². The van der Waals surface area contributed by atoms with E-state index in [0.29, 0.717) is 5.56 Å². The standard InChI is InChI=1S/C22H18F4N2O4S/c23-17-7-11-19(12-8-17)33(30,31)28-18-9-5-15(6-10-18)13-21(29)27-14-16-3-1-2-4-20(16)32-22(24,25)26/h1-12,28H,13-14H2,(H,27,29). The predicted octanol–water partition coefficient (Wildman–Crippen LogP) is 4.38. The van der Waals surface area contributed by atoms with E-state index >= 15 is 0 Å². The Hall–Kier alpha value is -3.60. The molecule has 1 amide bonds. The van der Waals surface area contributed by atoms with Crippen molar-refractivity contribution in [1.82, 2.24) is 5.32 Å². The first-order chi connectivity index (χ1) is 15.5. The smallest absolute Gasteiger partial charge is 0.405 e. The first-order valence-electron chi connectivity index (χ1n) is 9.49. The molecule has 2 N–H and O–H groups in total. The van der Waals surface area contributed by atoms with Crippen molar-refractivity contribution in [2.45, 2.75) is 24.2 Å². The summed E-state index contributed by atoms with van der Waals surface area (Å²) in [7, 11) is -3.91. The van der Waals surface area contributed by atoms with Crippen LogP contribution in [0.25, 0.3) is 0 Å². The van der Waals surface area contributed by atoms with Gasteiger partial charge in [-0.2, -0.15) is 0 Å². The van der Waals surface area contributed by atoms with Crippen molar-refractivity contribution in [2.24, 2.45) is 0 Å². The van der Waals surface area contributed by atoms with E-state index in [1.54, 1.807) is 0 Å². The van der Waals surface area contributed by atoms with Crippen LogP contribution in [0.3, 0.4) is 0 Å². The third kappa shape index (κ3) is 7.21. The van der Waals surface area contributed by atoms with Crippen LogP contribution in [0.4, 0.5) is 23.2 Å². The fourth-order valence-corrected chi connectivity index (χ4v) is 3.89. The summed E-state index contributed by atoms with van der Waals surface area (Å²) in [5.41, 5.74) is 0.951. The number of anilines is 1. The summed E-state index contributed by atoms with van der Waals surface area (Å²) in [5.74, 6) is -1.41. The van der Waals surface area contributed by atoms with Gasteiger partial charge in [0.1, 0.15) is 11.6 Å². The van der Waals surface area contributed by atoms with Crippen LogP contribution in [0.1, 0.15) is 11.1 Å². The van der Waals surface area contributed by atoms with Gasteiger partial charge in [-0.05, 0) is 48.0 Å². The molecule has 0 fully saturated rings. The molecule has 6 nitrogen and oxygen atoms in total. The van der Waals surface area contributed by atoms with Gasteiger partial charge in [0.15, 0.2) is 0 Å². The zero-order valence-corrected chi connectivity index (χ0v) is 17.7. The number of alkyl halides is 3. The van der Waals surface area contributed by atoms with Gasteiger partial charge in [-0.1, -0.05) is 30.3 Å². The lowest BCUT2D eigenvalue weighted by atomic mass is 10.1. The van der Waals surface area contributed by atoms with Crippen LogP contribution < -0.4 is 14.8 Å². The van der Waals surface area contributed by atoms with Crippen LogP contribution in [0, 0.1) is 5.82 Å². The number of amides is 1.